The average Bonchev–Trinajstić information content (AvgIpc) is 2.87. The van der Waals surface area contributed by atoms with Gasteiger partial charge in [0.05, 0.1) is 18.2 Å². The second-order valence-corrected chi connectivity index (χ2v) is 5.50. The summed E-state index contributed by atoms with van der Waals surface area (Å²) < 4.78 is 5.72. The fraction of sp³-hybridized carbons (Fsp3) is 0.286. The van der Waals surface area contributed by atoms with Crippen LogP contribution in [-0.2, 0) is 0 Å². The van der Waals surface area contributed by atoms with Crippen molar-refractivity contribution in [2.45, 2.75) is 6.42 Å². The van der Waals surface area contributed by atoms with Crippen LogP contribution in [0, 0.1) is 0 Å². The molecule has 0 saturated carbocycles. The molecule has 0 bridgehead atoms. The Morgan fingerprint density at radius 3 is 3.15 bits per heavy atom. The second-order valence-electron chi connectivity index (χ2n) is 4.39. The van der Waals surface area contributed by atoms with Crippen LogP contribution in [0.15, 0.2) is 29.6 Å². The standard InChI is InChI=1S/C14H13ClN2O2S/c15-8-12(18)10-9-20-14(16-10)17-6-3-7-19-13-5-2-1-4-11(13)17/h1-2,4-5,9H,3,6-8H2. The van der Waals surface area contributed by atoms with Gasteiger partial charge in [-0.2, -0.15) is 0 Å². The fourth-order valence-corrected chi connectivity index (χ4v) is 3.12. The van der Waals surface area contributed by atoms with Crippen LogP contribution < -0.4 is 9.64 Å². The van der Waals surface area contributed by atoms with Gasteiger partial charge in [-0.05, 0) is 18.6 Å². The molecule has 104 valence electrons. The van der Waals surface area contributed by atoms with Gasteiger partial charge in [0.15, 0.2) is 10.9 Å². The largest absolute Gasteiger partial charge is 0.491 e. The lowest BCUT2D eigenvalue weighted by Crippen LogP contribution is -2.17. The van der Waals surface area contributed by atoms with E-state index in [0.29, 0.717) is 12.3 Å². The Morgan fingerprint density at radius 1 is 1.45 bits per heavy atom. The molecule has 0 N–H and O–H groups in total. The molecule has 4 nitrogen and oxygen atoms in total. The summed E-state index contributed by atoms with van der Waals surface area (Å²) in [6, 6.07) is 7.88. The van der Waals surface area contributed by atoms with Crippen molar-refractivity contribution < 1.29 is 9.53 Å². The van der Waals surface area contributed by atoms with Gasteiger partial charge in [0.25, 0.3) is 0 Å². The second kappa shape index (κ2) is 5.81. The third kappa shape index (κ3) is 2.51. The van der Waals surface area contributed by atoms with E-state index in [9.17, 15) is 4.79 Å². The van der Waals surface area contributed by atoms with Gasteiger partial charge < -0.3 is 9.64 Å². The number of Topliss-reactive ketones (excluding diaryl/α,β-unsaturated/α-hetero) is 1. The minimum Gasteiger partial charge on any atom is -0.491 e. The molecule has 1 aromatic heterocycles. The number of alkyl halides is 1. The number of benzene rings is 1. The smallest absolute Gasteiger partial charge is 0.196 e. The molecule has 2 heterocycles. The number of carbonyl (C=O) groups excluding carboxylic acids is 1. The number of thiazole rings is 1. The molecule has 20 heavy (non-hydrogen) atoms. The Balaban J connectivity index is 1.97. The molecule has 0 fully saturated rings. The maximum atomic E-state index is 11.6. The number of nitrogens with zero attached hydrogens (tertiary/aromatic N) is 2. The number of carbonyl (C=O) groups is 1. The molecule has 1 aliphatic heterocycles. The summed E-state index contributed by atoms with van der Waals surface area (Å²) in [5.41, 5.74) is 1.42. The van der Waals surface area contributed by atoms with E-state index in [1.165, 1.54) is 11.3 Å². The van der Waals surface area contributed by atoms with Crippen molar-refractivity contribution >= 4 is 39.5 Å². The lowest BCUT2D eigenvalue weighted by molar-refractivity contribution is 0.101. The molecule has 2 aromatic rings. The summed E-state index contributed by atoms with van der Waals surface area (Å²) in [6.07, 6.45) is 0.910. The average molecular weight is 309 g/mol. The predicted octanol–water partition coefficient (Wildman–Crippen LogP) is 3.49. The van der Waals surface area contributed by atoms with Crippen LogP contribution in [0.1, 0.15) is 16.9 Å². The van der Waals surface area contributed by atoms with Gasteiger partial charge in [0.1, 0.15) is 11.4 Å². The van der Waals surface area contributed by atoms with Crippen LogP contribution in [0.3, 0.4) is 0 Å². The summed E-state index contributed by atoms with van der Waals surface area (Å²) in [4.78, 5) is 18.1. The number of halogens is 1. The molecule has 1 aromatic carbocycles. The zero-order valence-electron chi connectivity index (χ0n) is 10.7. The van der Waals surface area contributed by atoms with Crippen molar-refractivity contribution in [2.24, 2.45) is 0 Å². The van der Waals surface area contributed by atoms with Crippen molar-refractivity contribution in [3.05, 3.63) is 35.3 Å². The highest BCUT2D eigenvalue weighted by Crippen LogP contribution is 2.37. The van der Waals surface area contributed by atoms with E-state index in [-0.39, 0.29) is 11.7 Å². The number of hydrogen-bond donors (Lipinski definition) is 0. The van der Waals surface area contributed by atoms with Crippen molar-refractivity contribution in [1.82, 2.24) is 4.98 Å². The lowest BCUT2D eigenvalue weighted by Gasteiger charge is -2.20. The third-order valence-corrected chi connectivity index (χ3v) is 4.18. The topological polar surface area (TPSA) is 42.4 Å². The van der Waals surface area contributed by atoms with Gasteiger partial charge in [0, 0.05) is 11.9 Å². The summed E-state index contributed by atoms with van der Waals surface area (Å²) in [5, 5.41) is 2.56. The summed E-state index contributed by atoms with van der Waals surface area (Å²) in [7, 11) is 0. The Kier molecular flexibility index (Phi) is 3.89. The van der Waals surface area contributed by atoms with E-state index in [4.69, 9.17) is 16.3 Å². The van der Waals surface area contributed by atoms with E-state index < -0.39 is 0 Å². The van der Waals surface area contributed by atoms with Gasteiger partial charge >= 0.3 is 0 Å². The Labute approximate surface area is 126 Å². The van der Waals surface area contributed by atoms with Crippen molar-refractivity contribution in [2.75, 3.05) is 23.9 Å². The van der Waals surface area contributed by atoms with E-state index in [2.05, 4.69) is 9.88 Å². The molecule has 3 rings (SSSR count). The summed E-state index contributed by atoms with van der Waals surface area (Å²) >= 11 is 7.02. The van der Waals surface area contributed by atoms with Crippen molar-refractivity contribution in [3.8, 4) is 5.75 Å². The van der Waals surface area contributed by atoms with Gasteiger partial charge in [-0.25, -0.2) is 4.98 Å². The minimum absolute atomic E-state index is 0.0388. The van der Waals surface area contributed by atoms with E-state index >= 15 is 0 Å². The van der Waals surface area contributed by atoms with Crippen molar-refractivity contribution in [3.63, 3.8) is 0 Å². The number of ketones is 1. The zero-order chi connectivity index (χ0) is 13.9. The number of anilines is 2. The van der Waals surface area contributed by atoms with E-state index in [1.54, 1.807) is 5.38 Å². The van der Waals surface area contributed by atoms with E-state index in [0.717, 1.165) is 29.5 Å². The number of rotatable bonds is 3. The summed E-state index contributed by atoms with van der Waals surface area (Å²) in [6.45, 7) is 1.51. The lowest BCUT2D eigenvalue weighted by atomic mass is 10.2. The highest BCUT2D eigenvalue weighted by atomic mass is 35.5. The van der Waals surface area contributed by atoms with Crippen LogP contribution in [-0.4, -0.2) is 29.8 Å². The van der Waals surface area contributed by atoms with E-state index in [1.807, 2.05) is 24.3 Å². The first kappa shape index (κ1) is 13.4. The van der Waals surface area contributed by atoms with Gasteiger partial charge in [-0.15, -0.1) is 22.9 Å². The van der Waals surface area contributed by atoms with Crippen molar-refractivity contribution in [1.29, 1.82) is 0 Å². The van der Waals surface area contributed by atoms with Gasteiger partial charge in [0.2, 0.25) is 0 Å². The van der Waals surface area contributed by atoms with Gasteiger partial charge in [-0.1, -0.05) is 12.1 Å². The molecule has 0 spiro atoms. The third-order valence-electron chi connectivity index (χ3n) is 3.07. The predicted molar refractivity (Wildman–Crippen MR) is 80.7 cm³/mol. The molecule has 0 aliphatic carbocycles. The van der Waals surface area contributed by atoms with Crippen LogP contribution in [0.5, 0.6) is 5.75 Å². The monoisotopic (exact) mass is 308 g/mol. The Hall–Kier alpha value is -1.59. The zero-order valence-corrected chi connectivity index (χ0v) is 12.3. The Morgan fingerprint density at radius 2 is 2.30 bits per heavy atom. The highest BCUT2D eigenvalue weighted by Gasteiger charge is 2.21. The molecule has 0 saturated heterocycles. The first-order chi connectivity index (χ1) is 9.79. The summed E-state index contributed by atoms with van der Waals surface area (Å²) in [5.74, 6) is 0.669. The van der Waals surface area contributed by atoms with Crippen LogP contribution in [0.2, 0.25) is 0 Å². The number of ether oxygens (including phenoxy) is 1. The number of hydrogen-bond acceptors (Lipinski definition) is 5. The first-order valence-electron chi connectivity index (χ1n) is 6.33. The molecule has 6 heteroatoms. The molecule has 0 amide bonds. The number of para-hydroxylation sites is 2. The normalized spacial score (nSPS) is 14.3. The minimum atomic E-state index is -0.145. The van der Waals surface area contributed by atoms with Crippen LogP contribution in [0.4, 0.5) is 10.8 Å². The quantitative estimate of drug-likeness (QED) is 0.643. The maximum absolute atomic E-state index is 11.6. The fourth-order valence-electron chi connectivity index (χ4n) is 2.11. The maximum Gasteiger partial charge on any atom is 0.196 e. The molecule has 0 atom stereocenters. The molecule has 0 radical (unpaired) electrons. The first-order valence-corrected chi connectivity index (χ1v) is 7.75. The number of aromatic nitrogens is 1. The molecule has 0 unspecified atom stereocenters. The Bertz CT molecular complexity index is 629. The molecular weight excluding hydrogens is 296 g/mol. The molecular formula is C14H13ClN2O2S. The SMILES string of the molecule is O=C(CCl)c1csc(N2CCCOc3ccccc32)n1. The highest BCUT2D eigenvalue weighted by molar-refractivity contribution is 7.14. The van der Waals surface area contributed by atoms with Crippen LogP contribution >= 0.6 is 22.9 Å². The van der Waals surface area contributed by atoms with Crippen LogP contribution in [0.25, 0.3) is 0 Å². The number of fused-ring (bicyclic) bond motifs is 1. The molecule has 1 aliphatic rings. The van der Waals surface area contributed by atoms with Gasteiger partial charge in [-0.3, -0.25) is 4.79 Å².